The Hall–Kier alpha value is -1.25. The molecule has 0 unspecified atom stereocenters. The molecule has 0 fully saturated rings. The lowest BCUT2D eigenvalue weighted by molar-refractivity contribution is 0.0843. The first-order valence-electron chi connectivity index (χ1n) is 5.63. The third kappa shape index (κ3) is 1.55. The van der Waals surface area contributed by atoms with Gasteiger partial charge in [-0.3, -0.25) is 4.79 Å². The van der Waals surface area contributed by atoms with Crippen molar-refractivity contribution < 1.29 is 9.53 Å². The molecule has 0 atom stereocenters. The first-order chi connectivity index (χ1) is 7.23. The first-order valence-corrected chi connectivity index (χ1v) is 5.63. The van der Waals surface area contributed by atoms with E-state index in [1.54, 1.807) is 0 Å². The maximum absolute atomic E-state index is 12.3. The zero-order chi connectivity index (χ0) is 12.1. The topological polar surface area (TPSA) is 31.2 Å². The number of Topliss-reactive ketones (excluding diaryl/α,β-unsaturated/α-hetero) is 1. The smallest absolute Gasteiger partial charge is 0.194 e. The van der Waals surface area contributed by atoms with Crippen LogP contribution < -0.4 is 4.74 Å². The predicted octanol–water partition coefficient (Wildman–Crippen LogP) is 2.84. The van der Waals surface area contributed by atoms with Crippen LogP contribution in [0.2, 0.25) is 0 Å². The second-order valence-electron chi connectivity index (χ2n) is 6.07. The minimum absolute atomic E-state index is 0.130. The van der Waals surface area contributed by atoms with Gasteiger partial charge in [-0.05, 0) is 19.9 Å². The molecule has 0 saturated carbocycles. The van der Waals surface area contributed by atoms with Gasteiger partial charge in [-0.25, -0.2) is 0 Å². The van der Waals surface area contributed by atoms with Crippen LogP contribution in [0.25, 0.3) is 0 Å². The van der Waals surface area contributed by atoms with E-state index in [2.05, 4.69) is 13.8 Å². The quantitative estimate of drug-likeness (QED) is 0.683. The van der Waals surface area contributed by atoms with Crippen LogP contribution in [-0.2, 0) is 5.54 Å². The van der Waals surface area contributed by atoms with Crippen molar-refractivity contribution in [2.45, 2.75) is 40.2 Å². The van der Waals surface area contributed by atoms with E-state index in [1.165, 1.54) is 0 Å². The number of carbonyl (C=O) groups is 1. The molecule has 16 heavy (non-hydrogen) atoms. The molecule has 0 aliphatic carbocycles. The zero-order valence-corrected chi connectivity index (χ0v) is 10.6. The second-order valence-corrected chi connectivity index (χ2v) is 6.07. The predicted molar refractivity (Wildman–Crippen MR) is 63.0 cm³/mol. The summed E-state index contributed by atoms with van der Waals surface area (Å²) in [6.45, 7) is 10.6. The van der Waals surface area contributed by atoms with Gasteiger partial charge in [0.25, 0.3) is 0 Å². The van der Waals surface area contributed by atoms with Crippen molar-refractivity contribution >= 4 is 5.78 Å². The van der Waals surface area contributed by atoms with Crippen LogP contribution in [0.15, 0.2) is 12.1 Å². The van der Waals surface area contributed by atoms with E-state index < -0.39 is 0 Å². The molecule has 0 aromatic carbocycles. The van der Waals surface area contributed by atoms with Crippen LogP contribution in [-0.4, -0.2) is 17.0 Å². The van der Waals surface area contributed by atoms with Crippen LogP contribution >= 0.6 is 0 Å². The molecule has 0 radical (unpaired) electrons. The summed E-state index contributed by atoms with van der Waals surface area (Å²) in [7, 11) is 0. The maximum atomic E-state index is 12.3. The summed E-state index contributed by atoms with van der Waals surface area (Å²) in [4.78, 5) is 12.3. The third-order valence-corrected chi connectivity index (χ3v) is 2.94. The number of ether oxygens (including phenoxy) is 1. The fourth-order valence-corrected chi connectivity index (χ4v) is 2.03. The SMILES string of the molecule is CC(C)(C)C(=O)c1ccc2n1C(C)(C)CO2. The lowest BCUT2D eigenvalue weighted by Crippen LogP contribution is -2.31. The molecule has 3 heteroatoms. The number of ketones is 1. The molecule has 0 spiro atoms. The van der Waals surface area contributed by atoms with Crippen molar-refractivity contribution in [1.29, 1.82) is 0 Å². The summed E-state index contributed by atoms with van der Waals surface area (Å²) in [5.41, 5.74) is 0.271. The Morgan fingerprint density at radius 3 is 2.56 bits per heavy atom. The Bertz CT molecular complexity index is 435. The maximum Gasteiger partial charge on any atom is 0.194 e. The monoisotopic (exact) mass is 221 g/mol. The molecular weight excluding hydrogens is 202 g/mol. The van der Waals surface area contributed by atoms with E-state index in [-0.39, 0.29) is 16.7 Å². The van der Waals surface area contributed by atoms with Gasteiger partial charge in [0.15, 0.2) is 11.7 Å². The Kier molecular flexibility index (Phi) is 2.19. The molecule has 2 rings (SSSR count). The van der Waals surface area contributed by atoms with Crippen LogP contribution in [0.5, 0.6) is 5.88 Å². The number of carbonyl (C=O) groups excluding carboxylic acids is 1. The molecule has 1 aromatic heterocycles. The Morgan fingerprint density at radius 2 is 2.00 bits per heavy atom. The molecule has 0 bridgehead atoms. The van der Waals surface area contributed by atoms with Gasteiger partial charge in [0.05, 0.1) is 11.2 Å². The average molecular weight is 221 g/mol. The third-order valence-electron chi connectivity index (χ3n) is 2.94. The van der Waals surface area contributed by atoms with E-state index in [4.69, 9.17) is 4.74 Å². The van der Waals surface area contributed by atoms with Gasteiger partial charge in [0.1, 0.15) is 6.61 Å². The number of fused-ring (bicyclic) bond motifs is 1. The summed E-state index contributed by atoms with van der Waals surface area (Å²) in [5.74, 6) is 0.968. The summed E-state index contributed by atoms with van der Waals surface area (Å²) >= 11 is 0. The lowest BCUT2D eigenvalue weighted by Gasteiger charge is -2.24. The van der Waals surface area contributed by atoms with Gasteiger partial charge >= 0.3 is 0 Å². The summed E-state index contributed by atoms with van der Waals surface area (Å²) in [5, 5.41) is 0. The summed E-state index contributed by atoms with van der Waals surface area (Å²) < 4.78 is 7.58. The fraction of sp³-hybridized carbons (Fsp3) is 0.615. The van der Waals surface area contributed by atoms with Gasteiger partial charge in [0.2, 0.25) is 0 Å². The van der Waals surface area contributed by atoms with Crippen molar-refractivity contribution in [2.24, 2.45) is 5.41 Å². The van der Waals surface area contributed by atoms with E-state index in [0.29, 0.717) is 6.61 Å². The molecule has 88 valence electrons. The number of rotatable bonds is 1. The normalized spacial score (nSPS) is 18.1. The minimum atomic E-state index is -0.353. The molecule has 2 heterocycles. The van der Waals surface area contributed by atoms with Crippen LogP contribution in [0.1, 0.15) is 45.1 Å². The average Bonchev–Trinajstić information content (AvgIpc) is 2.66. The molecule has 0 N–H and O–H groups in total. The Balaban J connectivity index is 2.50. The largest absolute Gasteiger partial charge is 0.476 e. The zero-order valence-electron chi connectivity index (χ0n) is 10.6. The van der Waals surface area contributed by atoms with Gasteiger partial charge in [-0.2, -0.15) is 0 Å². The van der Waals surface area contributed by atoms with Crippen LogP contribution in [0.3, 0.4) is 0 Å². The molecule has 1 aliphatic rings. The Morgan fingerprint density at radius 1 is 1.38 bits per heavy atom. The van der Waals surface area contributed by atoms with E-state index in [0.717, 1.165) is 11.6 Å². The van der Waals surface area contributed by atoms with Gasteiger partial charge in [-0.15, -0.1) is 0 Å². The molecule has 0 saturated heterocycles. The van der Waals surface area contributed by atoms with E-state index >= 15 is 0 Å². The number of nitrogens with zero attached hydrogens (tertiary/aromatic N) is 1. The lowest BCUT2D eigenvalue weighted by atomic mass is 9.88. The number of hydrogen-bond donors (Lipinski definition) is 0. The minimum Gasteiger partial charge on any atom is -0.476 e. The van der Waals surface area contributed by atoms with E-state index in [9.17, 15) is 4.79 Å². The van der Waals surface area contributed by atoms with Gasteiger partial charge in [0, 0.05) is 11.5 Å². The van der Waals surface area contributed by atoms with Crippen LogP contribution in [0, 0.1) is 5.41 Å². The standard InChI is InChI=1S/C13H19NO2/c1-12(2,3)11(15)9-6-7-10-14(9)13(4,5)8-16-10/h6-7H,8H2,1-5H3. The molecule has 1 aromatic rings. The van der Waals surface area contributed by atoms with E-state index in [1.807, 2.05) is 37.5 Å². The number of hydrogen-bond acceptors (Lipinski definition) is 2. The highest BCUT2D eigenvalue weighted by molar-refractivity contribution is 5.99. The highest BCUT2D eigenvalue weighted by Crippen LogP contribution is 2.36. The first kappa shape index (κ1) is 11.2. The van der Waals surface area contributed by atoms with Gasteiger partial charge in [-0.1, -0.05) is 20.8 Å². The summed E-state index contributed by atoms with van der Waals surface area (Å²) in [6, 6.07) is 3.75. The fourth-order valence-electron chi connectivity index (χ4n) is 2.03. The Labute approximate surface area is 96.4 Å². The second kappa shape index (κ2) is 3.12. The van der Waals surface area contributed by atoms with Gasteiger partial charge < -0.3 is 9.30 Å². The molecular formula is C13H19NO2. The highest BCUT2D eigenvalue weighted by atomic mass is 16.5. The van der Waals surface area contributed by atoms with Crippen LogP contribution in [0.4, 0.5) is 0 Å². The van der Waals surface area contributed by atoms with Crippen molar-refractivity contribution in [3.05, 3.63) is 17.8 Å². The molecule has 0 amide bonds. The molecule has 1 aliphatic heterocycles. The highest BCUT2D eigenvalue weighted by Gasteiger charge is 2.37. The number of aromatic nitrogens is 1. The van der Waals surface area contributed by atoms with Crippen molar-refractivity contribution in [1.82, 2.24) is 4.57 Å². The summed E-state index contributed by atoms with van der Waals surface area (Å²) in [6.07, 6.45) is 0. The molecule has 3 nitrogen and oxygen atoms in total. The van der Waals surface area contributed by atoms with Crippen molar-refractivity contribution in [3.63, 3.8) is 0 Å². The van der Waals surface area contributed by atoms with Crippen molar-refractivity contribution in [2.75, 3.05) is 6.61 Å². The van der Waals surface area contributed by atoms with Crippen molar-refractivity contribution in [3.8, 4) is 5.88 Å².